The lowest BCUT2D eigenvalue weighted by Gasteiger charge is -2.35. The van der Waals surface area contributed by atoms with Crippen LogP contribution in [0.5, 0.6) is 0 Å². The fraction of sp³-hybridized carbons (Fsp3) is 0.478. The first-order valence-corrected chi connectivity index (χ1v) is 11.7. The molecule has 0 unspecified atom stereocenters. The molecule has 9 heteroatoms. The van der Waals surface area contributed by atoms with Gasteiger partial charge in [-0.2, -0.15) is 5.10 Å². The Kier molecular flexibility index (Phi) is 5.97. The van der Waals surface area contributed by atoms with E-state index in [1.165, 1.54) is 0 Å². The lowest BCUT2D eigenvalue weighted by atomic mass is 9.99. The number of nitrogens with zero attached hydrogens (tertiary/aromatic N) is 6. The Hall–Kier alpha value is -2.71. The number of rotatable bonds is 4. The average molecular weight is 455 g/mol. The largest absolute Gasteiger partial charge is 0.381 e. The van der Waals surface area contributed by atoms with Crippen LogP contribution in [0.15, 0.2) is 30.3 Å². The number of hydrogen-bond donors (Lipinski definition) is 0. The van der Waals surface area contributed by atoms with Gasteiger partial charge in [0.15, 0.2) is 5.65 Å². The number of anilines is 1. The second-order valence-electron chi connectivity index (χ2n) is 8.32. The van der Waals surface area contributed by atoms with Gasteiger partial charge >= 0.3 is 0 Å². The van der Waals surface area contributed by atoms with Gasteiger partial charge in [-0.05, 0) is 31.9 Å². The van der Waals surface area contributed by atoms with Crippen LogP contribution in [0.1, 0.15) is 30.3 Å². The van der Waals surface area contributed by atoms with E-state index in [0.717, 1.165) is 60.1 Å². The summed E-state index contributed by atoms with van der Waals surface area (Å²) in [6.45, 7) is 6.16. The van der Waals surface area contributed by atoms with E-state index in [0.29, 0.717) is 26.2 Å². The van der Waals surface area contributed by atoms with Crippen molar-refractivity contribution in [2.75, 3.05) is 50.2 Å². The standard InChI is InChI=1S/C23H27ClN6O2/c1-16-20-22(29-11-9-28(10-12-29)19(31)15-24)25-21(17-7-13-32-14-8-17)26-23(20)30(27-16)18-5-3-2-4-6-18/h2-6,17H,7-15H2,1H3. The Morgan fingerprint density at radius 1 is 1.09 bits per heavy atom. The Balaban J connectivity index is 1.59. The van der Waals surface area contributed by atoms with Crippen molar-refractivity contribution < 1.29 is 9.53 Å². The van der Waals surface area contributed by atoms with Crippen molar-refractivity contribution in [3.8, 4) is 5.69 Å². The predicted molar refractivity (Wildman–Crippen MR) is 124 cm³/mol. The van der Waals surface area contributed by atoms with Gasteiger partial charge < -0.3 is 14.5 Å². The van der Waals surface area contributed by atoms with Gasteiger partial charge in [0.05, 0.1) is 16.8 Å². The molecule has 0 spiro atoms. The van der Waals surface area contributed by atoms with Gasteiger partial charge in [-0.25, -0.2) is 14.6 Å². The molecule has 2 fully saturated rings. The van der Waals surface area contributed by atoms with Gasteiger partial charge in [-0.15, -0.1) is 11.6 Å². The number of carbonyl (C=O) groups excluding carboxylic acids is 1. The van der Waals surface area contributed by atoms with Crippen LogP contribution in [0.3, 0.4) is 0 Å². The monoisotopic (exact) mass is 454 g/mol. The minimum Gasteiger partial charge on any atom is -0.381 e. The van der Waals surface area contributed by atoms with E-state index < -0.39 is 0 Å². The molecule has 0 radical (unpaired) electrons. The number of halogens is 1. The zero-order valence-corrected chi connectivity index (χ0v) is 19.0. The third-order valence-electron chi connectivity index (χ3n) is 6.33. The van der Waals surface area contributed by atoms with Crippen molar-refractivity contribution in [3.05, 3.63) is 41.9 Å². The molecule has 32 heavy (non-hydrogen) atoms. The Morgan fingerprint density at radius 2 is 1.81 bits per heavy atom. The first kappa shape index (κ1) is 21.2. The van der Waals surface area contributed by atoms with E-state index in [-0.39, 0.29) is 17.7 Å². The molecule has 2 saturated heterocycles. The van der Waals surface area contributed by atoms with Gasteiger partial charge in [0.1, 0.15) is 17.5 Å². The quantitative estimate of drug-likeness (QED) is 0.564. The predicted octanol–water partition coefficient (Wildman–Crippen LogP) is 2.91. The molecule has 0 aliphatic carbocycles. The summed E-state index contributed by atoms with van der Waals surface area (Å²) in [6, 6.07) is 10.1. The summed E-state index contributed by atoms with van der Waals surface area (Å²) in [5.41, 5.74) is 2.71. The summed E-state index contributed by atoms with van der Waals surface area (Å²) in [5, 5.41) is 5.81. The zero-order chi connectivity index (χ0) is 22.1. The number of ether oxygens (including phenoxy) is 1. The summed E-state index contributed by atoms with van der Waals surface area (Å²) < 4.78 is 7.49. The van der Waals surface area contributed by atoms with Crippen LogP contribution in [0.2, 0.25) is 0 Å². The number of hydrogen-bond acceptors (Lipinski definition) is 6. The fourth-order valence-corrected chi connectivity index (χ4v) is 4.72. The van der Waals surface area contributed by atoms with E-state index in [1.54, 1.807) is 0 Å². The number of aromatic nitrogens is 4. The van der Waals surface area contributed by atoms with Gasteiger partial charge in [0.2, 0.25) is 5.91 Å². The number of carbonyl (C=O) groups is 1. The molecule has 3 aromatic rings. The highest BCUT2D eigenvalue weighted by molar-refractivity contribution is 6.27. The number of alkyl halides is 1. The first-order chi connectivity index (χ1) is 15.7. The molecule has 2 aliphatic heterocycles. The second kappa shape index (κ2) is 9.03. The third kappa shape index (κ3) is 3.93. The lowest BCUT2D eigenvalue weighted by molar-refractivity contribution is -0.128. The number of amides is 1. The minimum atomic E-state index is -0.0184. The molecule has 8 nitrogen and oxygen atoms in total. The van der Waals surface area contributed by atoms with E-state index in [4.69, 9.17) is 31.4 Å². The van der Waals surface area contributed by atoms with Crippen LogP contribution >= 0.6 is 11.6 Å². The molecule has 0 saturated carbocycles. The van der Waals surface area contributed by atoms with E-state index in [9.17, 15) is 4.79 Å². The smallest absolute Gasteiger partial charge is 0.237 e. The third-order valence-corrected chi connectivity index (χ3v) is 6.56. The number of para-hydroxylation sites is 1. The van der Waals surface area contributed by atoms with Crippen molar-refractivity contribution in [3.63, 3.8) is 0 Å². The number of aryl methyl sites for hydroxylation is 1. The van der Waals surface area contributed by atoms with Gasteiger partial charge in [-0.1, -0.05) is 18.2 Å². The van der Waals surface area contributed by atoms with Crippen LogP contribution in [0.25, 0.3) is 16.7 Å². The molecule has 168 valence electrons. The highest BCUT2D eigenvalue weighted by Gasteiger charge is 2.28. The highest BCUT2D eigenvalue weighted by atomic mass is 35.5. The summed E-state index contributed by atoms with van der Waals surface area (Å²) in [4.78, 5) is 26.2. The van der Waals surface area contributed by atoms with Gasteiger partial charge in [0, 0.05) is 45.3 Å². The normalized spacial score (nSPS) is 17.8. The number of fused-ring (bicyclic) bond motifs is 1. The maximum Gasteiger partial charge on any atom is 0.237 e. The fourth-order valence-electron chi connectivity index (χ4n) is 4.55. The molecule has 0 bridgehead atoms. The van der Waals surface area contributed by atoms with Crippen molar-refractivity contribution in [1.82, 2.24) is 24.6 Å². The summed E-state index contributed by atoms with van der Waals surface area (Å²) in [5.74, 6) is 2.04. The van der Waals surface area contributed by atoms with Crippen LogP contribution in [-0.4, -0.2) is 75.8 Å². The SMILES string of the molecule is Cc1nn(-c2ccccc2)c2nc(C3CCOCC3)nc(N3CCN(C(=O)CCl)CC3)c12. The average Bonchev–Trinajstić information content (AvgIpc) is 3.20. The Bertz CT molecular complexity index is 1100. The van der Waals surface area contributed by atoms with Gasteiger partial charge in [0.25, 0.3) is 0 Å². The van der Waals surface area contributed by atoms with E-state index in [2.05, 4.69) is 4.90 Å². The Labute approximate surface area is 192 Å². The molecular formula is C23H27ClN6O2. The van der Waals surface area contributed by atoms with Crippen molar-refractivity contribution in [2.24, 2.45) is 0 Å². The van der Waals surface area contributed by atoms with Crippen LogP contribution in [0.4, 0.5) is 5.82 Å². The van der Waals surface area contributed by atoms with Gasteiger partial charge in [-0.3, -0.25) is 4.79 Å². The molecule has 4 heterocycles. The number of piperazine rings is 1. The summed E-state index contributed by atoms with van der Waals surface area (Å²) >= 11 is 5.76. The molecule has 0 N–H and O–H groups in total. The number of benzene rings is 1. The summed E-state index contributed by atoms with van der Waals surface area (Å²) in [7, 11) is 0. The van der Waals surface area contributed by atoms with E-state index >= 15 is 0 Å². The minimum absolute atomic E-state index is 0.0184. The molecule has 2 aliphatic rings. The van der Waals surface area contributed by atoms with E-state index in [1.807, 2.05) is 46.8 Å². The molecular weight excluding hydrogens is 428 g/mol. The topological polar surface area (TPSA) is 76.4 Å². The van der Waals surface area contributed by atoms with Crippen LogP contribution in [0, 0.1) is 6.92 Å². The van der Waals surface area contributed by atoms with Crippen LogP contribution in [-0.2, 0) is 9.53 Å². The molecule has 1 amide bonds. The second-order valence-corrected chi connectivity index (χ2v) is 8.59. The molecule has 2 aromatic heterocycles. The summed E-state index contributed by atoms with van der Waals surface area (Å²) in [6.07, 6.45) is 1.84. The lowest BCUT2D eigenvalue weighted by Crippen LogP contribution is -2.49. The van der Waals surface area contributed by atoms with Crippen molar-refractivity contribution in [2.45, 2.75) is 25.7 Å². The molecule has 5 rings (SSSR count). The van der Waals surface area contributed by atoms with Crippen LogP contribution < -0.4 is 4.90 Å². The molecule has 0 atom stereocenters. The van der Waals surface area contributed by atoms with Crippen molar-refractivity contribution >= 4 is 34.4 Å². The zero-order valence-electron chi connectivity index (χ0n) is 18.2. The highest BCUT2D eigenvalue weighted by Crippen LogP contribution is 2.33. The Morgan fingerprint density at radius 3 is 2.50 bits per heavy atom. The maximum atomic E-state index is 12.0. The maximum absolute atomic E-state index is 12.0. The van der Waals surface area contributed by atoms with Crippen molar-refractivity contribution in [1.29, 1.82) is 0 Å². The first-order valence-electron chi connectivity index (χ1n) is 11.1. The molecule has 1 aromatic carbocycles.